The third kappa shape index (κ3) is 10.1. The van der Waals surface area contributed by atoms with E-state index in [1.54, 1.807) is 12.1 Å². The number of carbonyl (C=O) groups is 2. The van der Waals surface area contributed by atoms with E-state index >= 15 is 0 Å². The van der Waals surface area contributed by atoms with E-state index in [0.29, 0.717) is 23.8 Å². The van der Waals surface area contributed by atoms with Crippen LogP contribution in [0, 0.1) is 5.92 Å². The summed E-state index contributed by atoms with van der Waals surface area (Å²) in [5, 5.41) is 0. The van der Waals surface area contributed by atoms with Gasteiger partial charge in [-0.3, -0.25) is 4.79 Å². The molecule has 4 heteroatoms. The molecular weight excluding hydrogens is 364 g/mol. The quantitative estimate of drug-likeness (QED) is 0.213. The van der Waals surface area contributed by atoms with Crippen molar-refractivity contribution in [3.05, 3.63) is 47.1 Å². The van der Waals surface area contributed by atoms with E-state index in [-0.39, 0.29) is 5.41 Å². The smallest absolute Gasteiger partial charge is 0.330 e. The first-order valence-corrected chi connectivity index (χ1v) is 10.3. The van der Waals surface area contributed by atoms with Gasteiger partial charge in [0, 0.05) is 18.6 Å². The number of ether oxygens (including phenoxy) is 2. The summed E-state index contributed by atoms with van der Waals surface area (Å²) in [6, 6.07) is 5.64. The SMILES string of the molecule is CC(=O)Oc1ccc(C(C)(C)C)cc1C=CC(=O)OCCC(C)CCC=C(C)C. The Morgan fingerprint density at radius 2 is 1.79 bits per heavy atom. The van der Waals surface area contributed by atoms with E-state index in [0.717, 1.165) is 24.8 Å². The molecule has 1 aromatic rings. The molecule has 160 valence electrons. The Labute approximate surface area is 176 Å². The summed E-state index contributed by atoms with van der Waals surface area (Å²) in [6.45, 7) is 14.4. The van der Waals surface area contributed by atoms with Crippen LogP contribution in [0.5, 0.6) is 5.75 Å². The van der Waals surface area contributed by atoms with E-state index in [9.17, 15) is 9.59 Å². The fourth-order valence-electron chi connectivity index (χ4n) is 2.76. The van der Waals surface area contributed by atoms with Gasteiger partial charge >= 0.3 is 11.9 Å². The van der Waals surface area contributed by atoms with Crippen LogP contribution in [0.15, 0.2) is 35.9 Å². The van der Waals surface area contributed by atoms with Crippen molar-refractivity contribution in [2.45, 2.75) is 73.1 Å². The van der Waals surface area contributed by atoms with Crippen molar-refractivity contribution in [3.8, 4) is 5.75 Å². The highest BCUT2D eigenvalue weighted by atomic mass is 16.5. The molecule has 0 bridgehead atoms. The van der Waals surface area contributed by atoms with Gasteiger partial charge in [0.2, 0.25) is 0 Å². The highest BCUT2D eigenvalue weighted by Crippen LogP contribution is 2.29. The molecule has 0 radical (unpaired) electrons. The van der Waals surface area contributed by atoms with Crippen molar-refractivity contribution < 1.29 is 19.1 Å². The van der Waals surface area contributed by atoms with Gasteiger partial charge < -0.3 is 9.47 Å². The molecule has 0 fully saturated rings. The molecule has 1 unspecified atom stereocenters. The molecular formula is C25H36O4. The highest BCUT2D eigenvalue weighted by Gasteiger charge is 2.16. The fourth-order valence-corrected chi connectivity index (χ4v) is 2.76. The molecule has 1 atom stereocenters. The predicted octanol–water partition coefficient (Wildman–Crippen LogP) is 6.24. The minimum atomic E-state index is -0.396. The van der Waals surface area contributed by atoms with E-state index < -0.39 is 11.9 Å². The van der Waals surface area contributed by atoms with Gasteiger partial charge in [-0.05, 0) is 68.2 Å². The lowest BCUT2D eigenvalue weighted by Gasteiger charge is -2.20. The lowest BCUT2D eigenvalue weighted by Crippen LogP contribution is -2.12. The van der Waals surface area contributed by atoms with Crippen molar-refractivity contribution in [1.29, 1.82) is 0 Å². The first kappa shape index (κ1) is 24.7. The van der Waals surface area contributed by atoms with Gasteiger partial charge in [0.05, 0.1) is 6.61 Å². The number of allylic oxidation sites excluding steroid dienone is 2. The summed E-state index contributed by atoms with van der Waals surface area (Å²) in [6.07, 6.45) is 8.26. The number of hydrogen-bond acceptors (Lipinski definition) is 4. The Kier molecular flexibility index (Phi) is 9.87. The maximum Gasteiger partial charge on any atom is 0.330 e. The molecule has 0 saturated heterocycles. The zero-order valence-corrected chi connectivity index (χ0v) is 19.0. The zero-order chi connectivity index (χ0) is 22.0. The third-order valence-corrected chi connectivity index (χ3v) is 4.60. The molecule has 1 aromatic carbocycles. The Balaban J connectivity index is 2.69. The average Bonchev–Trinajstić information content (AvgIpc) is 2.59. The van der Waals surface area contributed by atoms with E-state index in [1.165, 1.54) is 18.6 Å². The van der Waals surface area contributed by atoms with E-state index in [1.807, 2.05) is 12.1 Å². The standard InChI is InChI=1S/C25H36O4/c1-18(2)9-8-10-19(3)15-16-28-24(27)14-11-21-17-22(25(5,6)7)12-13-23(21)29-20(4)26/h9,11-14,17,19H,8,10,15-16H2,1-7H3. The summed E-state index contributed by atoms with van der Waals surface area (Å²) < 4.78 is 10.6. The van der Waals surface area contributed by atoms with Crippen LogP contribution in [0.4, 0.5) is 0 Å². The summed E-state index contributed by atoms with van der Waals surface area (Å²) >= 11 is 0. The minimum absolute atomic E-state index is 0.0561. The molecule has 0 aliphatic heterocycles. The van der Waals surface area contributed by atoms with Crippen LogP contribution in [-0.2, 0) is 19.7 Å². The normalized spacial score (nSPS) is 12.5. The first-order valence-electron chi connectivity index (χ1n) is 10.3. The van der Waals surface area contributed by atoms with Crippen LogP contribution in [0.25, 0.3) is 6.08 Å². The van der Waals surface area contributed by atoms with Crippen molar-refractivity contribution in [2.75, 3.05) is 6.61 Å². The number of benzene rings is 1. The van der Waals surface area contributed by atoms with Gasteiger partial charge in [0.15, 0.2) is 0 Å². The van der Waals surface area contributed by atoms with Gasteiger partial charge in [-0.15, -0.1) is 0 Å². The van der Waals surface area contributed by atoms with Crippen LogP contribution in [-0.4, -0.2) is 18.5 Å². The van der Waals surface area contributed by atoms with Gasteiger partial charge in [-0.25, -0.2) is 4.79 Å². The molecule has 0 aromatic heterocycles. The topological polar surface area (TPSA) is 52.6 Å². The third-order valence-electron chi connectivity index (χ3n) is 4.60. The molecule has 0 N–H and O–H groups in total. The lowest BCUT2D eigenvalue weighted by molar-refractivity contribution is -0.138. The minimum Gasteiger partial charge on any atom is -0.463 e. The second-order valence-corrected chi connectivity index (χ2v) is 8.85. The second-order valence-electron chi connectivity index (χ2n) is 8.85. The molecule has 4 nitrogen and oxygen atoms in total. The molecule has 29 heavy (non-hydrogen) atoms. The molecule has 0 spiro atoms. The zero-order valence-electron chi connectivity index (χ0n) is 19.0. The van der Waals surface area contributed by atoms with Gasteiger partial charge in [0.25, 0.3) is 0 Å². The van der Waals surface area contributed by atoms with E-state index in [2.05, 4.69) is 47.6 Å². The molecule has 1 rings (SSSR count). The Bertz CT molecular complexity index is 747. The number of carbonyl (C=O) groups excluding carboxylic acids is 2. The monoisotopic (exact) mass is 400 g/mol. The Morgan fingerprint density at radius 3 is 2.38 bits per heavy atom. The van der Waals surface area contributed by atoms with Crippen molar-refractivity contribution in [2.24, 2.45) is 5.92 Å². The molecule has 0 aliphatic carbocycles. The van der Waals surface area contributed by atoms with Gasteiger partial charge in [-0.1, -0.05) is 45.4 Å². The van der Waals surface area contributed by atoms with Crippen molar-refractivity contribution in [3.63, 3.8) is 0 Å². The predicted molar refractivity (Wildman–Crippen MR) is 119 cm³/mol. The summed E-state index contributed by atoms with van der Waals surface area (Å²) in [4.78, 5) is 23.5. The Hall–Kier alpha value is -2.36. The van der Waals surface area contributed by atoms with Gasteiger partial charge in [0.1, 0.15) is 5.75 Å². The van der Waals surface area contributed by atoms with Crippen molar-refractivity contribution >= 4 is 18.0 Å². The maximum absolute atomic E-state index is 12.1. The fraction of sp³-hybridized carbons (Fsp3) is 0.520. The summed E-state index contributed by atoms with van der Waals surface area (Å²) in [7, 11) is 0. The van der Waals surface area contributed by atoms with Gasteiger partial charge in [-0.2, -0.15) is 0 Å². The highest BCUT2D eigenvalue weighted by molar-refractivity contribution is 5.88. The van der Waals surface area contributed by atoms with Crippen LogP contribution in [0.2, 0.25) is 0 Å². The van der Waals surface area contributed by atoms with Crippen molar-refractivity contribution in [1.82, 2.24) is 0 Å². The van der Waals surface area contributed by atoms with Crippen LogP contribution in [0.3, 0.4) is 0 Å². The number of rotatable bonds is 9. The number of esters is 2. The van der Waals surface area contributed by atoms with E-state index in [4.69, 9.17) is 9.47 Å². The maximum atomic E-state index is 12.1. The molecule has 0 heterocycles. The van der Waals surface area contributed by atoms with Crippen LogP contribution in [0.1, 0.15) is 78.9 Å². The number of hydrogen-bond donors (Lipinski definition) is 0. The second kappa shape index (κ2) is 11.6. The first-order chi connectivity index (χ1) is 13.5. The van der Waals surface area contributed by atoms with Crippen LogP contribution >= 0.6 is 0 Å². The average molecular weight is 401 g/mol. The lowest BCUT2D eigenvalue weighted by atomic mass is 9.86. The largest absolute Gasteiger partial charge is 0.463 e. The molecule has 0 amide bonds. The van der Waals surface area contributed by atoms with Crippen LogP contribution < -0.4 is 4.74 Å². The Morgan fingerprint density at radius 1 is 1.10 bits per heavy atom. The summed E-state index contributed by atoms with van der Waals surface area (Å²) in [5.74, 6) is 0.146. The summed E-state index contributed by atoms with van der Waals surface area (Å²) in [5.41, 5.74) is 3.04. The molecule has 0 aliphatic rings. The molecule has 0 saturated carbocycles.